The molecule has 7 heteroatoms. The highest BCUT2D eigenvalue weighted by Crippen LogP contribution is 2.27. The Balaban J connectivity index is 1.45. The summed E-state index contributed by atoms with van der Waals surface area (Å²) in [4.78, 5) is 29.7. The third-order valence-electron chi connectivity index (χ3n) is 6.15. The maximum atomic E-state index is 13.6. The fourth-order valence-corrected chi connectivity index (χ4v) is 4.45. The summed E-state index contributed by atoms with van der Waals surface area (Å²) in [5.41, 5.74) is 4.41. The summed E-state index contributed by atoms with van der Waals surface area (Å²) in [5, 5.41) is 3.41. The van der Waals surface area contributed by atoms with E-state index in [1.54, 1.807) is 29.8 Å². The molecule has 0 fully saturated rings. The number of fused-ring (bicyclic) bond motifs is 1. The molecular formula is C31H28N3O4+. The minimum absolute atomic E-state index is 0.0516. The second-order valence-electron chi connectivity index (χ2n) is 9.26. The third kappa shape index (κ3) is 5.62. The van der Waals surface area contributed by atoms with E-state index in [4.69, 9.17) is 14.5 Å². The lowest BCUT2D eigenvalue weighted by atomic mass is 10.1. The van der Waals surface area contributed by atoms with Gasteiger partial charge in [-0.05, 0) is 54.4 Å². The molecule has 0 radical (unpaired) electrons. The first kappa shape index (κ1) is 24.9. The van der Waals surface area contributed by atoms with Crippen molar-refractivity contribution in [1.29, 1.82) is 0 Å². The van der Waals surface area contributed by atoms with E-state index >= 15 is 0 Å². The van der Waals surface area contributed by atoms with Gasteiger partial charge in [0.15, 0.2) is 6.04 Å². The van der Waals surface area contributed by atoms with Gasteiger partial charge in [0.05, 0.1) is 5.76 Å². The number of nitrogens with zero attached hydrogens (tertiary/aromatic N) is 2. The highest BCUT2D eigenvalue weighted by atomic mass is 16.5. The lowest BCUT2D eigenvalue weighted by molar-refractivity contribution is -0.552. The van der Waals surface area contributed by atoms with Crippen LogP contribution in [-0.2, 0) is 17.6 Å². The van der Waals surface area contributed by atoms with Crippen LogP contribution >= 0.6 is 0 Å². The summed E-state index contributed by atoms with van der Waals surface area (Å²) in [6.07, 6.45) is 2.84. The van der Waals surface area contributed by atoms with Gasteiger partial charge in [0.25, 0.3) is 0 Å². The van der Waals surface area contributed by atoms with Crippen LogP contribution in [0.2, 0.25) is 0 Å². The van der Waals surface area contributed by atoms with Crippen LogP contribution in [0.5, 0.6) is 11.5 Å². The first-order valence-electron chi connectivity index (χ1n) is 12.4. The van der Waals surface area contributed by atoms with Gasteiger partial charge in [0, 0.05) is 25.3 Å². The number of carbonyl (C=O) groups is 2. The van der Waals surface area contributed by atoms with Crippen molar-refractivity contribution in [2.24, 2.45) is 0 Å². The second-order valence-corrected chi connectivity index (χ2v) is 9.26. The maximum absolute atomic E-state index is 13.6. The molecule has 5 rings (SSSR count). The zero-order valence-corrected chi connectivity index (χ0v) is 21.3. The number of nitrogens with one attached hydrogen (secondary N) is 1. The molecule has 1 aliphatic rings. The summed E-state index contributed by atoms with van der Waals surface area (Å²) in [5.74, 6) is 2.05. The number of allylic oxidation sites excluding steroid dienone is 1. The van der Waals surface area contributed by atoms with Gasteiger partial charge in [-0.1, -0.05) is 49.0 Å². The minimum atomic E-state index is -0.451. The topological polar surface area (TPSA) is 81.4 Å². The molecule has 4 aromatic rings. The molecule has 38 heavy (non-hydrogen) atoms. The number of ether oxygens (including phenoxy) is 2. The number of aromatic nitrogens is 2. The first-order valence-corrected chi connectivity index (χ1v) is 12.4. The van der Waals surface area contributed by atoms with Gasteiger partial charge in [-0.25, -0.2) is 9.78 Å². The quantitative estimate of drug-likeness (QED) is 0.154. The van der Waals surface area contributed by atoms with Crippen LogP contribution in [0.1, 0.15) is 35.5 Å². The number of benzene rings is 3. The molecule has 0 amide bonds. The van der Waals surface area contributed by atoms with Crippen LogP contribution in [0.25, 0.3) is 11.3 Å². The maximum Gasteiger partial charge on any atom is 0.359 e. The minimum Gasteiger partial charge on any atom is -0.463 e. The second kappa shape index (κ2) is 10.7. The Kier molecular flexibility index (Phi) is 7.00. The fraction of sp³-hybridized carbons (Fsp3) is 0.161. The molecule has 7 nitrogen and oxygen atoms in total. The van der Waals surface area contributed by atoms with Gasteiger partial charge >= 0.3 is 17.7 Å². The summed E-state index contributed by atoms with van der Waals surface area (Å²) in [6.45, 7) is 6.94. The smallest absolute Gasteiger partial charge is 0.359 e. The molecule has 1 N–H and O–H groups in total. The fourth-order valence-electron chi connectivity index (χ4n) is 4.45. The van der Waals surface area contributed by atoms with E-state index in [9.17, 15) is 9.59 Å². The number of rotatable bonds is 8. The lowest BCUT2D eigenvalue weighted by Crippen LogP contribution is -2.44. The Bertz CT molecular complexity index is 1500. The van der Waals surface area contributed by atoms with Crippen molar-refractivity contribution in [1.82, 2.24) is 4.98 Å². The van der Waals surface area contributed by atoms with Gasteiger partial charge in [-0.2, -0.15) is 4.57 Å². The van der Waals surface area contributed by atoms with Gasteiger partial charge in [-0.3, -0.25) is 10.1 Å². The molecule has 0 saturated carbocycles. The van der Waals surface area contributed by atoms with Crippen LogP contribution in [-0.4, -0.2) is 22.9 Å². The van der Waals surface area contributed by atoms with Gasteiger partial charge in [0.2, 0.25) is 0 Å². The predicted octanol–water partition coefficient (Wildman–Crippen LogP) is 5.14. The number of esters is 1. The highest BCUT2D eigenvalue weighted by Gasteiger charge is 2.41. The normalized spacial score (nSPS) is 13.9. The Morgan fingerprint density at radius 2 is 1.58 bits per heavy atom. The van der Waals surface area contributed by atoms with Gasteiger partial charge in [0.1, 0.15) is 29.1 Å². The first-order chi connectivity index (χ1) is 18.4. The molecule has 1 aromatic heterocycles. The standard InChI is InChI=1S/C31H27N3O4/c1-20(2)37-25-15-11-24(12-16-25)29-19-34-30(27(32-29)17-22-7-5-4-6-8-22)33-28(31(34)36)18-23-9-13-26(14-10-23)38-21(3)35/h4-16,19,28H,1,17-18H2,2-3H3/p+1. The van der Waals surface area contributed by atoms with Gasteiger partial charge < -0.3 is 9.47 Å². The summed E-state index contributed by atoms with van der Waals surface area (Å²) in [7, 11) is 0. The van der Waals surface area contributed by atoms with E-state index in [1.165, 1.54) is 6.92 Å². The summed E-state index contributed by atoms with van der Waals surface area (Å²) < 4.78 is 12.4. The van der Waals surface area contributed by atoms with Crippen LogP contribution in [0.3, 0.4) is 0 Å². The van der Waals surface area contributed by atoms with E-state index in [0.717, 1.165) is 22.4 Å². The van der Waals surface area contributed by atoms with Crippen LogP contribution < -0.4 is 19.4 Å². The van der Waals surface area contributed by atoms with E-state index < -0.39 is 6.04 Å². The Morgan fingerprint density at radius 1 is 0.921 bits per heavy atom. The molecule has 1 unspecified atom stereocenters. The molecule has 190 valence electrons. The largest absolute Gasteiger partial charge is 0.463 e. The van der Waals surface area contributed by atoms with Crippen molar-refractivity contribution in [3.63, 3.8) is 0 Å². The third-order valence-corrected chi connectivity index (χ3v) is 6.15. The van der Waals surface area contributed by atoms with Crippen LogP contribution in [0.15, 0.2) is 97.4 Å². The SMILES string of the molecule is C=C(C)Oc1ccc(-c2c[n+]3c(c(Cc4ccccc4)n2)NC(Cc2ccc(OC(C)=O)cc2)C3=O)cc1. The summed E-state index contributed by atoms with van der Waals surface area (Å²) >= 11 is 0. The van der Waals surface area contributed by atoms with E-state index in [0.29, 0.717) is 41.6 Å². The zero-order chi connectivity index (χ0) is 26.6. The van der Waals surface area contributed by atoms with Crippen molar-refractivity contribution >= 4 is 17.7 Å². The Morgan fingerprint density at radius 3 is 2.24 bits per heavy atom. The monoisotopic (exact) mass is 506 g/mol. The van der Waals surface area contributed by atoms with Crippen molar-refractivity contribution < 1.29 is 23.6 Å². The molecule has 0 saturated heterocycles. The molecule has 3 aromatic carbocycles. The molecule has 0 spiro atoms. The highest BCUT2D eigenvalue weighted by molar-refractivity contribution is 5.83. The number of hydrogen-bond donors (Lipinski definition) is 1. The molecule has 0 aliphatic carbocycles. The van der Waals surface area contributed by atoms with Gasteiger partial charge in [-0.15, -0.1) is 0 Å². The number of anilines is 1. The molecular weight excluding hydrogens is 478 g/mol. The number of hydrogen-bond acceptors (Lipinski definition) is 6. The van der Waals surface area contributed by atoms with E-state index in [1.807, 2.05) is 66.7 Å². The van der Waals surface area contributed by atoms with Crippen molar-refractivity contribution in [2.45, 2.75) is 32.7 Å². The molecule has 1 atom stereocenters. The Labute approximate surface area is 221 Å². The van der Waals surface area contributed by atoms with Crippen molar-refractivity contribution in [2.75, 3.05) is 5.32 Å². The summed E-state index contributed by atoms with van der Waals surface area (Å²) in [6, 6.07) is 24.4. The zero-order valence-electron chi connectivity index (χ0n) is 21.3. The predicted molar refractivity (Wildman–Crippen MR) is 144 cm³/mol. The number of carbonyl (C=O) groups excluding carboxylic acids is 2. The molecule has 1 aliphatic heterocycles. The lowest BCUT2D eigenvalue weighted by Gasteiger charge is -2.08. The molecule has 0 bridgehead atoms. The van der Waals surface area contributed by atoms with Crippen molar-refractivity contribution in [3.8, 4) is 22.8 Å². The average molecular weight is 507 g/mol. The van der Waals surface area contributed by atoms with Crippen LogP contribution in [0.4, 0.5) is 5.82 Å². The Hall–Kier alpha value is -4.78. The average Bonchev–Trinajstić information content (AvgIpc) is 3.21. The van der Waals surface area contributed by atoms with Crippen molar-refractivity contribution in [3.05, 3.63) is 114 Å². The molecule has 2 heterocycles. The van der Waals surface area contributed by atoms with Crippen LogP contribution in [0, 0.1) is 0 Å². The van der Waals surface area contributed by atoms with E-state index in [2.05, 4.69) is 11.9 Å². The van der Waals surface area contributed by atoms with E-state index in [-0.39, 0.29) is 11.9 Å².